The fraction of sp³-hybridized carbons (Fsp3) is 0.714. The van der Waals surface area contributed by atoms with Crippen molar-refractivity contribution in [3.8, 4) is 0 Å². The van der Waals surface area contributed by atoms with Crippen LogP contribution in [0.1, 0.15) is 29.7 Å². The van der Waals surface area contributed by atoms with Crippen LogP contribution < -0.4 is 5.56 Å². The molecule has 1 aliphatic heterocycles. The second-order valence-electron chi connectivity index (χ2n) is 5.37. The molecule has 0 radical (unpaired) electrons. The fourth-order valence-corrected chi connectivity index (χ4v) is 3.02. The molecule has 5 heteroatoms. The van der Waals surface area contributed by atoms with Crippen molar-refractivity contribution in [2.75, 3.05) is 32.8 Å². The minimum absolute atomic E-state index is 0.0184. The molecule has 19 heavy (non-hydrogen) atoms. The van der Waals surface area contributed by atoms with Crippen LogP contribution in [0.2, 0.25) is 0 Å². The first kappa shape index (κ1) is 12.8. The second-order valence-corrected chi connectivity index (χ2v) is 5.37. The number of aromatic amines is 1. The summed E-state index contributed by atoms with van der Waals surface area (Å²) in [4.78, 5) is 14.2. The van der Waals surface area contributed by atoms with E-state index in [0.717, 1.165) is 69.8 Å². The van der Waals surface area contributed by atoms with E-state index in [4.69, 9.17) is 4.74 Å². The maximum Gasteiger partial charge on any atom is 0.267 e. The summed E-state index contributed by atoms with van der Waals surface area (Å²) in [6.45, 7) is 4.68. The quantitative estimate of drug-likeness (QED) is 0.864. The molecule has 1 aromatic rings. The van der Waals surface area contributed by atoms with Crippen LogP contribution in [0, 0.1) is 0 Å². The first-order valence-electron chi connectivity index (χ1n) is 7.24. The Morgan fingerprint density at radius 1 is 1.16 bits per heavy atom. The van der Waals surface area contributed by atoms with Crippen molar-refractivity contribution in [2.45, 2.75) is 32.1 Å². The van der Waals surface area contributed by atoms with Crippen molar-refractivity contribution in [1.29, 1.82) is 0 Å². The first-order chi connectivity index (χ1) is 9.34. The number of fused-ring (bicyclic) bond motifs is 1. The van der Waals surface area contributed by atoms with Crippen LogP contribution in [0.25, 0.3) is 0 Å². The number of ether oxygens (including phenoxy) is 1. The predicted octanol–water partition coefficient (Wildman–Crippen LogP) is 0.523. The standard InChI is InChI=1S/C14H21N3O2/c18-14-12-4-2-1-3-11(12)13(15-16-14)5-6-17-7-9-19-10-8-17/h1-10H2,(H,16,18). The van der Waals surface area contributed by atoms with E-state index in [1.807, 2.05) is 0 Å². The number of aromatic nitrogens is 2. The van der Waals surface area contributed by atoms with Gasteiger partial charge in [0, 0.05) is 31.6 Å². The molecule has 5 nitrogen and oxygen atoms in total. The number of hydrogen-bond donors (Lipinski definition) is 1. The van der Waals surface area contributed by atoms with Crippen molar-refractivity contribution in [3.05, 3.63) is 27.2 Å². The van der Waals surface area contributed by atoms with E-state index in [-0.39, 0.29) is 5.56 Å². The third kappa shape index (κ3) is 2.87. The van der Waals surface area contributed by atoms with E-state index in [1.54, 1.807) is 0 Å². The minimum atomic E-state index is 0.0184. The Labute approximate surface area is 113 Å². The van der Waals surface area contributed by atoms with E-state index in [2.05, 4.69) is 15.1 Å². The lowest BCUT2D eigenvalue weighted by molar-refractivity contribution is 0.0383. The maximum atomic E-state index is 11.8. The molecule has 2 aliphatic rings. The van der Waals surface area contributed by atoms with Gasteiger partial charge in [-0.05, 0) is 31.2 Å². The van der Waals surface area contributed by atoms with Crippen LogP contribution in [0.3, 0.4) is 0 Å². The maximum absolute atomic E-state index is 11.8. The van der Waals surface area contributed by atoms with Gasteiger partial charge in [-0.25, -0.2) is 5.10 Å². The molecule has 1 saturated heterocycles. The highest BCUT2D eigenvalue weighted by molar-refractivity contribution is 5.30. The average Bonchev–Trinajstić information content (AvgIpc) is 2.48. The summed E-state index contributed by atoms with van der Waals surface area (Å²) in [5, 5.41) is 6.95. The lowest BCUT2D eigenvalue weighted by atomic mass is 9.91. The van der Waals surface area contributed by atoms with Crippen LogP contribution in [0.15, 0.2) is 4.79 Å². The molecule has 3 rings (SSSR count). The van der Waals surface area contributed by atoms with E-state index in [0.29, 0.717) is 0 Å². The third-order valence-corrected chi connectivity index (χ3v) is 4.15. The molecule has 0 amide bonds. The van der Waals surface area contributed by atoms with Crippen LogP contribution in [0.5, 0.6) is 0 Å². The Morgan fingerprint density at radius 3 is 2.68 bits per heavy atom. The van der Waals surface area contributed by atoms with Gasteiger partial charge in [0.15, 0.2) is 0 Å². The topological polar surface area (TPSA) is 58.2 Å². The Balaban J connectivity index is 1.72. The summed E-state index contributed by atoms with van der Waals surface area (Å²) in [6, 6.07) is 0. The van der Waals surface area contributed by atoms with Crippen LogP contribution in [0.4, 0.5) is 0 Å². The van der Waals surface area contributed by atoms with Gasteiger partial charge >= 0.3 is 0 Å². The molecule has 1 aliphatic carbocycles. The van der Waals surface area contributed by atoms with Crippen molar-refractivity contribution in [2.24, 2.45) is 0 Å². The molecule has 1 N–H and O–H groups in total. The number of morpholine rings is 1. The molecule has 2 heterocycles. The van der Waals surface area contributed by atoms with Crippen LogP contribution >= 0.6 is 0 Å². The minimum Gasteiger partial charge on any atom is -0.379 e. The van der Waals surface area contributed by atoms with Crippen LogP contribution in [-0.4, -0.2) is 47.9 Å². The van der Waals surface area contributed by atoms with Gasteiger partial charge in [-0.1, -0.05) is 0 Å². The van der Waals surface area contributed by atoms with Gasteiger partial charge in [-0.15, -0.1) is 0 Å². The number of nitrogens with one attached hydrogen (secondary N) is 1. The van der Waals surface area contributed by atoms with E-state index >= 15 is 0 Å². The Morgan fingerprint density at radius 2 is 1.89 bits per heavy atom. The highest BCUT2D eigenvalue weighted by Gasteiger charge is 2.18. The normalized spacial score (nSPS) is 20.2. The molecule has 0 unspecified atom stereocenters. The molecule has 0 spiro atoms. The largest absolute Gasteiger partial charge is 0.379 e. The van der Waals surface area contributed by atoms with Crippen molar-refractivity contribution in [3.63, 3.8) is 0 Å². The van der Waals surface area contributed by atoms with E-state index in [1.165, 1.54) is 12.0 Å². The Bertz CT molecular complexity index is 492. The third-order valence-electron chi connectivity index (χ3n) is 4.15. The van der Waals surface area contributed by atoms with Crippen molar-refractivity contribution < 1.29 is 4.74 Å². The van der Waals surface area contributed by atoms with Gasteiger partial charge < -0.3 is 4.74 Å². The Kier molecular flexibility index (Phi) is 3.94. The summed E-state index contributed by atoms with van der Waals surface area (Å²) >= 11 is 0. The molecule has 0 aromatic carbocycles. The molecule has 0 atom stereocenters. The highest BCUT2D eigenvalue weighted by atomic mass is 16.5. The predicted molar refractivity (Wildman–Crippen MR) is 72.5 cm³/mol. The highest BCUT2D eigenvalue weighted by Crippen LogP contribution is 2.20. The molecular formula is C14H21N3O2. The van der Waals surface area contributed by atoms with Gasteiger partial charge in [0.1, 0.15) is 0 Å². The second kappa shape index (κ2) is 5.84. The van der Waals surface area contributed by atoms with Crippen LogP contribution in [-0.2, 0) is 24.0 Å². The SMILES string of the molecule is O=c1[nH]nc(CCN2CCOCC2)c2c1CCCC2. The number of nitrogens with zero attached hydrogens (tertiary/aromatic N) is 2. The monoisotopic (exact) mass is 263 g/mol. The summed E-state index contributed by atoms with van der Waals surface area (Å²) in [5.41, 5.74) is 3.33. The van der Waals surface area contributed by atoms with Gasteiger partial charge in [0.25, 0.3) is 5.56 Å². The zero-order valence-electron chi connectivity index (χ0n) is 11.3. The molecular weight excluding hydrogens is 242 g/mol. The summed E-state index contributed by atoms with van der Waals surface area (Å²) in [6.07, 6.45) is 5.17. The molecule has 0 saturated carbocycles. The average molecular weight is 263 g/mol. The molecule has 0 bridgehead atoms. The van der Waals surface area contributed by atoms with Gasteiger partial charge in [0.05, 0.1) is 18.9 Å². The molecule has 1 aromatic heterocycles. The number of H-pyrrole nitrogens is 1. The lowest BCUT2D eigenvalue weighted by Gasteiger charge is -2.27. The number of hydrogen-bond acceptors (Lipinski definition) is 4. The molecule has 1 fully saturated rings. The summed E-state index contributed by atoms with van der Waals surface area (Å²) in [5.74, 6) is 0. The first-order valence-corrected chi connectivity index (χ1v) is 7.24. The lowest BCUT2D eigenvalue weighted by Crippen LogP contribution is -2.38. The van der Waals surface area contributed by atoms with Crippen molar-refractivity contribution >= 4 is 0 Å². The smallest absolute Gasteiger partial charge is 0.267 e. The summed E-state index contributed by atoms with van der Waals surface area (Å²) < 4.78 is 5.35. The molecule has 104 valence electrons. The zero-order valence-corrected chi connectivity index (χ0v) is 11.3. The fourth-order valence-electron chi connectivity index (χ4n) is 3.02. The van der Waals surface area contributed by atoms with E-state index < -0.39 is 0 Å². The van der Waals surface area contributed by atoms with Gasteiger partial charge in [0.2, 0.25) is 0 Å². The van der Waals surface area contributed by atoms with Gasteiger partial charge in [-0.3, -0.25) is 9.69 Å². The van der Waals surface area contributed by atoms with Gasteiger partial charge in [-0.2, -0.15) is 5.10 Å². The Hall–Kier alpha value is -1.20. The van der Waals surface area contributed by atoms with Crippen molar-refractivity contribution in [1.82, 2.24) is 15.1 Å². The zero-order chi connectivity index (χ0) is 13.1. The van der Waals surface area contributed by atoms with E-state index in [9.17, 15) is 4.79 Å². The summed E-state index contributed by atoms with van der Waals surface area (Å²) in [7, 11) is 0. The number of rotatable bonds is 3.